The van der Waals surface area contributed by atoms with Crippen molar-refractivity contribution < 1.29 is 0 Å². The van der Waals surface area contributed by atoms with Gasteiger partial charge in [0.05, 0.1) is 12.2 Å². The molecule has 1 aliphatic rings. The standard InChI is InChI=1S/C10H12N4/c1-7-3-4-9-8(5-12-7)6-13-10(11-2)14-9/h3-4,6H,5H2,1-2H3,(H,11,13,14). The Balaban J connectivity index is 2.44. The number of rotatable bonds is 1. The summed E-state index contributed by atoms with van der Waals surface area (Å²) in [6.07, 6.45) is 5.77. The molecule has 1 aliphatic heterocycles. The second-order valence-electron chi connectivity index (χ2n) is 3.15. The fraction of sp³-hybridized carbons (Fsp3) is 0.300. The van der Waals surface area contributed by atoms with Crippen LogP contribution in [0.3, 0.4) is 0 Å². The lowest BCUT2D eigenvalue weighted by Crippen LogP contribution is -2.00. The van der Waals surface area contributed by atoms with E-state index >= 15 is 0 Å². The third kappa shape index (κ3) is 1.64. The van der Waals surface area contributed by atoms with Crippen molar-refractivity contribution in [2.45, 2.75) is 13.5 Å². The van der Waals surface area contributed by atoms with Crippen LogP contribution in [0.15, 0.2) is 17.3 Å². The molecular weight excluding hydrogens is 176 g/mol. The molecular formula is C10H12N4. The van der Waals surface area contributed by atoms with Crippen LogP contribution in [-0.2, 0) is 6.54 Å². The molecule has 0 atom stereocenters. The van der Waals surface area contributed by atoms with Gasteiger partial charge in [0.1, 0.15) is 0 Å². The fourth-order valence-electron chi connectivity index (χ4n) is 1.27. The maximum Gasteiger partial charge on any atom is 0.222 e. The molecule has 0 spiro atoms. The largest absolute Gasteiger partial charge is 0.357 e. The van der Waals surface area contributed by atoms with Gasteiger partial charge in [0.25, 0.3) is 0 Å². The first-order valence-corrected chi connectivity index (χ1v) is 4.52. The normalized spacial score (nSPS) is 14.3. The van der Waals surface area contributed by atoms with Crippen LogP contribution in [0, 0.1) is 0 Å². The van der Waals surface area contributed by atoms with Gasteiger partial charge in [-0.3, -0.25) is 4.99 Å². The van der Waals surface area contributed by atoms with E-state index in [0.717, 1.165) is 17.0 Å². The molecule has 2 rings (SSSR count). The van der Waals surface area contributed by atoms with Crippen molar-refractivity contribution in [3.05, 3.63) is 23.5 Å². The molecule has 0 saturated carbocycles. The van der Waals surface area contributed by atoms with E-state index in [4.69, 9.17) is 0 Å². The summed E-state index contributed by atoms with van der Waals surface area (Å²) >= 11 is 0. The molecule has 0 unspecified atom stereocenters. The van der Waals surface area contributed by atoms with E-state index in [-0.39, 0.29) is 0 Å². The van der Waals surface area contributed by atoms with Crippen molar-refractivity contribution in [1.82, 2.24) is 9.97 Å². The number of aliphatic imine (C=N–C) groups is 1. The average molecular weight is 188 g/mol. The lowest BCUT2D eigenvalue weighted by molar-refractivity contribution is 1.00. The molecule has 0 amide bonds. The van der Waals surface area contributed by atoms with Crippen molar-refractivity contribution in [2.24, 2.45) is 4.99 Å². The summed E-state index contributed by atoms with van der Waals surface area (Å²) in [7, 11) is 1.81. The van der Waals surface area contributed by atoms with Crippen molar-refractivity contribution >= 4 is 17.7 Å². The lowest BCUT2D eigenvalue weighted by atomic mass is 10.2. The first-order chi connectivity index (χ1) is 6.79. The number of allylic oxidation sites excluding steroid dienone is 1. The summed E-state index contributed by atoms with van der Waals surface area (Å²) in [5.74, 6) is 0.646. The van der Waals surface area contributed by atoms with Crippen molar-refractivity contribution in [2.75, 3.05) is 12.4 Å². The predicted molar refractivity (Wildman–Crippen MR) is 57.4 cm³/mol. The van der Waals surface area contributed by atoms with Crippen LogP contribution in [-0.4, -0.2) is 22.7 Å². The first kappa shape index (κ1) is 8.87. The minimum absolute atomic E-state index is 0.646. The molecule has 14 heavy (non-hydrogen) atoms. The zero-order valence-corrected chi connectivity index (χ0v) is 8.28. The van der Waals surface area contributed by atoms with Gasteiger partial charge in [-0.1, -0.05) is 0 Å². The Labute approximate surface area is 82.8 Å². The van der Waals surface area contributed by atoms with E-state index in [9.17, 15) is 0 Å². The summed E-state index contributed by atoms with van der Waals surface area (Å²) in [5, 5.41) is 2.92. The maximum atomic E-state index is 4.35. The van der Waals surface area contributed by atoms with Gasteiger partial charge in [0.15, 0.2) is 0 Å². The van der Waals surface area contributed by atoms with E-state index in [1.54, 1.807) is 0 Å². The van der Waals surface area contributed by atoms with E-state index < -0.39 is 0 Å². The highest BCUT2D eigenvalue weighted by molar-refractivity contribution is 5.96. The van der Waals surface area contributed by atoms with Crippen LogP contribution in [0.4, 0.5) is 5.95 Å². The summed E-state index contributed by atoms with van der Waals surface area (Å²) in [4.78, 5) is 12.8. The van der Waals surface area contributed by atoms with Crippen LogP contribution < -0.4 is 5.32 Å². The molecule has 0 bridgehead atoms. The highest BCUT2D eigenvalue weighted by atomic mass is 15.1. The summed E-state index contributed by atoms with van der Waals surface area (Å²) in [5.41, 5.74) is 3.04. The molecule has 1 aromatic heterocycles. The molecule has 0 aromatic carbocycles. The highest BCUT2D eigenvalue weighted by Crippen LogP contribution is 2.13. The van der Waals surface area contributed by atoms with Gasteiger partial charge >= 0.3 is 0 Å². The Morgan fingerprint density at radius 1 is 1.36 bits per heavy atom. The summed E-state index contributed by atoms with van der Waals surface area (Å²) in [6.45, 7) is 2.65. The third-order valence-corrected chi connectivity index (χ3v) is 2.10. The zero-order chi connectivity index (χ0) is 9.97. The molecule has 1 aromatic rings. The SMILES string of the molecule is CNc1ncc2c(n1)C=CC(C)=NC2. The molecule has 0 saturated heterocycles. The van der Waals surface area contributed by atoms with Crippen molar-refractivity contribution in [1.29, 1.82) is 0 Å². The number of anilines is 1. The third-order valence-electron chi connectivity index (χ3n) is 2.10. The van der Waals surface area contributed by atoms with E-state index in [0.29, 0.717) is 12.5 Å². The van der Waals surface area contributed by atoms with Crippen LogP contribution in [0.25, 0.3) is 6.08 Å². The summed E-state index contributed by atoms with van der Waals surface area (Å²) in [6, 6.07) is 0. The topological polar surface area (TPSA) is 50.2 Å². The number of fused-ring (bicyclic) bond motifs is 1. The maximum absolute atomic E-state index is 4.35. The van der Waals surface area contributed by atoms with Gasteiger partial charge in [-0.2, -0.15) is 0 Å². The molecule has 4 heteroatoms. The molecule has 1 N–H and O–H groups in total. The van der Waals surface area contributed by atoms with Crippen LogP contribution in [0.2, 0.25) is 0 Å². The van der Waals surface area contributed by atoms with Crippen molar-refractivity contribution in [3.63, 3.8) is 0 Å². The lowest BCUT2D eigenvalue weighted by Gasteiger charge is -2.03. The Morgan fingerprint density at radius 2 is 2.21 bits per heavy atom. The van der Waals surface area contributed by atoms with E-state index in [2.05, 4.69) is 20.3 Å². The molecule has 0 radical (unpaired) electrons. The van der Waals surface area contributed by atoms with Gasteiger partial charge in [-0.25, -0.2) is 9.97 Å². The van der Waals surface area contributed by atoms with E-state index in [1.807, 2.05) is 32.3 Å². The molecule has 72 valence electrons. The van der Waals surface area contributed by atoms with Gasteiger partial charge < -0.3 is 5.32 Å². The second kappa shape index (κ2) is 3.57. The Hall–Kier alpha value is -1.71. The van der Waals surface area contributed by atoms with Gasteiger partial charge in [-0.15, -0.1) is 0 Å². The number of nitrogens with zero attached hydrogens (tertiary/aromatic N) is 3. The molecule has 0 aliphatic carbocycles. The fourth-order valence-corrected chi connectivity index (χ4v) is 1.27. The second-order valence-corrected chi connectivity index (χ2v) is 3.15. The Morgan fingerprint density at radius 3 is 3.00 bits per heavy atom. The Kier molecular flexibility index (Phi) is 2.26. The van der Waals surface area contributed by atoms with Crippen LogP contribution in [0.1, 0.15) is 18.2 Å². The molecule has 0 fully saturated rings. The minimum atomic E-state index is 0.646. The van der Waals surface area contributed by atoms with Crippen LogP contribution in [0.5, 0.6) is 0 Å². The predicted octanol–water partition coefficient (Wildman–Crippen LogP) is 1.51. The van der Waals surface area contributed by atoms with E-state index in [1.165, 1.54) is 0 Å². The zero-order valence-electron chi connectivity index (χ0n) is 8.28. The number of aromatic nitrogens is 2. The molecule has 2 heterocycles. The Bertz CT molecular complexity index is 407. The highest BCUT2D eigenvalue weighted by Gasteiger charge is 2.05. The smallest absolute Gasteiger partial charge is 0.222 e. The van der Waals surface area contributed by atoms with Crippen molar-refractivity contribution in [3.8, 4) is 0 Å². The average Bonchev–Trinajstić information content (AvgIpc) is 2.40. The molecule has 4 nitrogen and oxygen atoms in total. The van der Waals surface area contributed by atoms with Gasteiger partial charge in [0.2, 0.25) is 5.95 Å². The number of nitrogens with one attached hydrogen (secondary N) is 1. The minimum Gasteiger partial charge on any atom is -0.357 e. The number of hydrogen-bond donors (Lipinski definition) is 1. The number of hydrogen-bond acceptors (Lipinski definition) is 4. The van der Waals surface area contributed by atoms with Gasteiger partial charge in [0, 0.05) is 24.5 Å². The van der Waals surface area contributed by atoms with Crippen LogP contribution >= 0.6 is 0 Å². The van der Waals surface area contributed by atoms with Gasteiger partial charge in [-0.05, 0) is 19.1 Å². The quantitative estimate of drug-likeness (QED) is 0.726. The first-order valence-electron chi connectivity index (χ1n) is 4.52. The monoisotopic (exact) mass is 188 g/mol. The summed E-state index contributed by atoms with van der Waals surface area (Å²) < 4.78 is 0.